The van der Waals surface area contributed by atoms with E-state index in [1.165, 1.54) is 15.3 Å². The smallest absolute Gasteiger partial charge is 0.274 e. The fourth-order valence-electron chi connectivity index (χ4n) is 4.11. The summed E-state index contributed by atoms with van der Waals surface area (Å²) in [5.41, 5.74) is 3.81. The number of rotatable bonds is 4. The van der Waals surface area contributed by atoms with E-state index in [-0.39, 0.29) is 17.9 Å². The van der Waals surface area contributed by atoms with E-state index in [1.807, 2.05) is 36.1 Å². The molecule has 0 saturated heterocycles. The van der Waals surface area contributed by atoms with Crippen molar-refractivity contribution in [2.45, 2.75) is 25.7 Å². The fourth-order valence-corrected chi connectivity index (χ4v) is 5.16. The van der Waals surface area contributed by atoms with Crippen molar-refractivity contribution < 1.29 is 4.79 Å². The summed E-state index contributed by atoms with van der Waals surface area (Å²) in [6.45, 7) is 0. The third-order valence-electron chi connectivity index (χ3n) is 5.86. The Hall–Kier alpha value is -3.33. The molecule has 3 aromatic heterocycles. The average molecular weight is 435 g/mol. The molecule has 0 radical (unpaired) electrons. The van der Waals surface area contributed by atoms with Crippen molar-refractivity contribution >= 4 is 33.1 Å². The molecule has 0 bridgehead atoms. The maximum absolute atomic E-state index is 12.9. The number of carbonyl (C=O) groups excluding carboxylic acids is 1. The van der Waals surface area contributed by atoms with Gasteiger partial charge in [0.25, 0.3) is 5.56 Å². The van der Waals surface area contributed by atoms with Crippen LogP contribution in [0, 0.1) is 0 Å². The minimum atomic E-state index is -0.133. The molecular formula is C22H22N6O2S. The number of anilines is 1. The quantitative estimate of drug-likeness (QED) is 0.493. The van der Waals surface area contributed by atoms with E-state index in [9.17, 15) is 9.59 Å². The lowest BCUT2D eigenvalue weighted by atomic mass is 10.0. The van der Waals surface area contributed by atoms with Crippen LogP contribution in [-0.4, -0.2) is 37.5 Å². The van der Waals surface area contributed by atoms with Gasteiger partial charge in [-0.3, -0.25) is 19.2 Å². The number of amides is 1. The molecule has 1 aliphatic rings. The zero-order valence-electron chi connectivity index (χ0n) is 17.6. The molecule has 0 aliphatic heterocycles. The molecule has 31 heavy (non-hydrogen) atoms. The van der Waals surface area contributed by atoms with Gasteiger partial charge in [0, 0.05) is 55.5 Å². The predicted molar refractivity (Wildman–Crippen MR) is 120 cm³/mol. The van der Waals surface area contributed by atoms with Crippen LogP contribution in [0.5, 0.6) is 0 Å². The summed E-state index contributed by atoms with van der Waals surface area (Å²) in [5, 5.41) is 10.9. The number of carbonyl (C=O) groups is 1. The second-order valence-corrected chi connectivity index (χ2v) is 8.83. The Balaban J connectivity index is 1.37. The van der Waals surface area contributed by atoms with E-state index in [0.29, 0.717) is 16.9 Å². The number of hydrogen-bond donors (Lipinski definition) is 0. The van der Waals surface area contributed by atoms with Gasteiger partial charge in [0.15, 0.2) is 5.13 Å². The molecule has 0 unspecified atom stereocenters. The van der Waals surface area contributed by atoms with Crippen LogP contribution in [0.15, 0.2) is 35.3 Å². The number of aromatic nitrogens is 5. The molecule has 4 aromatic rings. The molecule has 0 spiro atoms. The number of thiazole rings is 1. The summed E-state index contributed by atoms with van der Waals surface area (Å²) >= 11 is 1.57. The molecule has 3 heterocycles. The third-order valence-corrected chi connectivity index (χ3v) is 7.05. The number of hydrogen-bond acceptors (Lipinski definition) is 6. The zero-order valence-corrected chi connectivity index (χ0v) is 18.4. The van der Waals surface area contributed by atoms with Gasteiger partial charge >= 0.3 is 0 Å². The van der Waals surface area contributed by atoms with E-state index in [2.05, 4.69) is 10.2 Å². The van der Waals surface area contributed by atoms with E-state index >= 15 is 0 Å². The molecule has 0 N–H and O–H groups in total. The van der Waals surface area contributed by atoms with Crippen LogP contribution in [0.3, 0.4) is 0 Å². The van der Waals surface area contributed by atoms with Gasteiger partial charge in [-0.05, 0) is 18.9 Å². The topological polar surface area (TPSA) is 85.9 Å². The Labute approximate surface area is 182 Å². The molecular weight excluding hydrogens is 412 g/mol. The molecule has 0 saturated carbocycles. The van der Waals surface area contributed by atoms with Crippen LogP contribution in [-0.2, 0) is 38.2 Å². The maximum Gasteiger partial charge on any atom is 0.274 e. The van der Waals surface area contributed by atoms with Crippen LogP contribution in [0.25, 0.3) is 22.0 Å². The van der Waals surface area contributed by atoms with Gasteiger partial charge < -0.3 is 0 Å². The Morgan fingerprint density at radius 3 is 2.74 bits per heavy atom. The highest BCUT2D eigenvalue weighted by atomic mass is 32.1. The van der Waals surface area contributed by atoms with Gasteiger partial charge in [0.05, 0.1) is 23.0 Å². The second kappa shape index (κ2) is 7.42. The first-order chi connectivity index (χ1) is 14.9. The summed E-state index contributed by atoms with van der Waals surface area (Å²) in [6, 6.07) is 7.40. The normalized spacial score (nSPS) is 12.6. The van der Waals surface area contributed by atoms with Gasteiger partial charge in [-0.1, -0.05) is 18.2 Å². The minimum absolute atomic E-state index is 0.0303. The summed E-state index contributed by atoms with van der Waals surface area (Å²) in [6.07, 6.45) is 4.44. The van der Waals surface area contributed by atoms with Crippen molar-refractivity contribution in [3.8, 4) is 11.3 Å². The lowest BCUT2D eigenvalue weighted by molar-refractivity contribution is -0.118. The van der Waals surface area contributed by atoms with Crippen molar-refractivity contribution in [2.75, 3.05) is 11.9 Å². The first-order valence-electron chi connectivity index (χ1n) is 10.2. The van der Waals surface area contributed by atoms with Gasteiger partial charge in [0.2, 0.25) is 5.91 Å². The van der Waals surface area contributed by atoms with Crippen LogP contribution < -0.4 is 10.5 Å². The lowest BCUT2D eigenvalue weighted by Crippen LogP contribution is -2.27. The van der Waals surface area contributed by atoms with E-state index in [1.54, 1.807) is 36.4 Å². The van der Waals surface area contributed by atoms with Gasteiger partial charge in [0.1, 0.15) is 0 Å². The van der Waals surface area contributed by atoms with Crippen molar-refractivity contribution in [3.63, 3.8) is 0 Å². The summed E-state index contributed by atoms with van der Waals surface area (Å²) < 4.78 is 3.24. The van der Waals surface area contributed by atoms with Gasteiger partial charge in [-0.25, -0.2) is 9.67 Å². The van der Waals surface area contributed by atoms with Crippen LogP contribution >= 0.6 is 11.3 Å². The standard InChI is InChI=1S/C22H22N6O2S/c1-26(22-24-20-15-12-23-27(2)17(15)9-10-18(20)31-22)19(29)11-8-16-13-6-4-5-7-14(13)21(30)28(3)25-16/h4-7,12H,8-11H2,1-3H3. The predicted octanol–water partition coefficient (Wildman–Crippen LogP) is 2.48. The first kappa shape index (κ1) is 19.6. The highest BCUT2D eigenvalue weighted by Gasteiger charge is 2.26. The highest BCUT2D eigenvalue weighted by Crippen LogP contribution is 2.38. The maximum atomic E-state index is 12.9. The largest absolute Gasteiger partial charge is 0.291 e. The molecule has 5 rings (SSSR count). The summed E-state index contributed by atoms with van der Waals surface area (Å²) in [4.78, 5) is 32.8. The first-order valence-corrected chi connectivity index (χ1v) is 11.0. The minimum Gasteiger partial charge on any atom is -0.291 e. The molecule has 1 amide bonds. The van der Waals surface area contributed by atoms with E-state index < -0.39 is 0 Å². The lowest BCUT2D eigenvalue weighted by Gasteiger charge is -2.14. The summed E-state index contributed by atoms with van der Waals surface area (Å²) in [7, 11) is 5.35. The van der Waals surface area contributed by atoms with Crippen LogP contribution in [0.4, 0.5) is 5.13 Å². The zero-order chi connectivity index (χ0) is 21.7. The average Bonchev–Trinajstić information content (AvgIpc) is 3.38. The molecule has 0 atom stereocenters. The molecule has 8 nitrogen and oxygen atoms in total. The highest BCUT2D eigenvalue weighted by molar-refractivity contribution is 7.16. The SMILES string of the molecule is CN(C(=O)CCc1nn(C)c(=O)c2ccccc12)c1nc2c(s1)CCc1c-2cnn1C. The van der Waals surface area contributed by atoms with E-state index in [0.717, 1.165) is 35.2 Å². The fraction of sp³-hybridized carbons (Fsp3) is 0.318. The Morgan fingerprint density at radius 1 is 1.16 bits per heavy atom. The van der Waals surface area contributed by atoms with E-state index in [4.69, 9.17) is 4.98 Å². The summed E-state index contributed by atoms with van der Waals surface area (Å²) in [5.74, 6) is -0.0303. The molecule has 0 fully saturated rings. The molecule has 158 valence electrons. The second-order valence-electron chi connectivity index (χ2n) is 7.77. The monoisotopic (exact) mass is 434 g/mol. The third kappa shape index (κ3) is 3.25. The number of nitrogens with zero attached hydrogens (tertiary/aromatic N) is 6. The number of benzene rings is 1. The molecule has 1 aliphatic carbocycles. The van der Waals surface area contributed by atoms with Gasteiger partial charge in [-0.15, -0.1) is 11.3 Å². The van der Waals surface area contributed by atoms with Crippen LogP contribution in [0.2, 0.25) is 0 Å². The Kier molecular flexibility index (Phi) is 4.70. The van der Waals surface area contributed by atoms with Crippen molar-refractivity contribution in [2.24, 2.45) is 14.1 Å². The number of aryl methyl sites for hydroxylation is 4. The van der Waals surface area contributed by atoms with Crippen molar-refractivity contribution in [3.05, 3.63) is 57.1 Å². The molecule has 1 aromatic carbocycles. The van der Waals surface area contributed by atoms with Gasteiger partial charge in [-0.2, -0.15) is 10.2 Å². The Morgan fingerprint density at radius 2 is 1.94 bits per heavy atom. The van der Waals surface area contributed by atoms with Crippen LogP contribution in [0.1, 0.15) is 22.7 Å². The van der Waals surface area contributed by atoms with Crippen molar-refractivity contribution in [1.29, 1.82) is 0 Å². The molecule has 9 heteroatoms. The Bertz CT molecular complexity index is 1380. The van der Waals surface area contributed by atoms with Crippen molar-refractivity contribution in [1.82, 2.24) is 24.5 Å². The number of fused-ring (bicyclic) bond motifs is 4.